The van der Waals surface area contributed by atoms with Crippen LogP contribution in [0.3, 0.4) is 0 Å². The van der Waals surface area contributed by atoms with Gasteiger partial charge in [0.05, 0.1) is 0 Å². The first-order valence-corrected chi connectivity index (χ1v) is 5.92. The molecule has 0 radical (unpaired) electrons. The Kier molecular flexibility index (Phi) is 3.79. The molecule has 1 aromatic carbocycles. The van der Waals surface area contributed by atoms with Gasteiger partial charge in [0.25, 0.3) is 0 Å². The number of hydrogen-bond donors (Lipinski definition) is 1. The molecule has 0 aliphatic carbocycles. The number of cyclic esters (lactones) is 1. The average molecular weight is 272 g/mol. The fraction of sp³-hybridized carbons (Fsp3) is 0.133. The molecule has 0 spiro atoms. The van der Waals surface area contributed by atoms with Gasteiger partial charge in [0.1, 0.15) is 11.5 Å². The van der Waals surface area contributed by atoms with Crippen LogP contribution < -0.4 is 0 Å². The fourth-order valence-corrected chi connectivity index (χ4v) is 1.81. The first-order chi connectivity index (χ1) is 9.47. The first-order valence-electron chi connectivity index (χ1n) is 5.92. The van der Waals surface area contributed by atoms with Crippen LogP contribution >= 0.6 is 0 Å². The number of carbonyl (C=O) groups excluding carboxylic acids is 3. The van der Waals surface area contributed by atoms with Crippen molar-refractivity contribution in [2.75, 3.05) is 0 Å². The molecule has 0 bridgehead atoms. The summed E-state index contributed by atoms with van der Waals surface area (Å²) in [7, 11) is 0. The van der Waals surface area contributed by atoms with Crippen molar-refractivity contribution < 1.29 is 24.2 Å². The van der Waals surface area contributed by atoms with Gasteiger partial charge in [0.2, 0.25) is 0 Å². The van der Waals surface area contributed by atoms with E-state index in [0.29, 0.717) is 5.56 Å². The summed E-state index contributed by atoms with van der Waals surface area (Å²) in [5.74, 6) is -3.28. The van der Waals surface area contributed by atoms with E-state index in [2.05, 4.69) is 0 Å². The second kappa shape index (κ2) is 5.52. The fourth-order valence-electron chi connectivity index (χ4n) is 1.81. The second-order valence-electron chi connectivity index (χ2n) is 4.34. The third kappa shape index (κ3) is 3.00. The van der Waals surface area contributed by atoms with Crippen molar-refractivity contribution in [1.29, 1.82) is 0 Å². The van der Waals surface area contributed by atoms with Gasteiger partial charge in [-0.2, -0.15) is 0 Å². The number of allylic oxidation sites excluding steroid dienone is 3. The normalized spacial score (nSPS) is 18.9. The van der Waals surface area contributed by atoms with E-state index in [1.165, 1.54) is 25.1 Å². The number of hydrogen-bond acceptors (Lipinski definition) is 5. The van der Waals surface area contributed by atoms with Crippen LogP contribution in [0.2, 0.25) is 0 Å². The predicted molar refractivity (Wildman–Crippen MR) is 70.5 cm³/mol. The number of benzene rings is 1. The molecule has 0 unspecified atom stereocenters. The van der Waals surface area contributed by atoms with E-state index < -0.39 is 23.5 Å². The monoisotopic (exact) mass is 272 g/mol. The molecule has 1 aliphatic rings. The zero-order chi connectivity index (χ0) is 14.7. The van der Waals surface area contributed by atoms with Gasteiger partial charge in [-0.3, -0.25) is 14.4 Å². The first kappa shape index (κ1) is 13.7. The van der Waals surface area contributed by atoms with Gasteiger partial charge >= 0.3 is 5.97 Å². The van der Waals surface area contributed by atoms with Crippen molar-refractivity contribution >= 4 is 23.6 Å². The highest BCUT2D eigenvalue weighted by atomic mass is 16.5. The number of carbonyl (C=O) groups is 3. The SMILES string of the molecule is CC1=CC(=O)[C@H](C(=O)/C=C/c2cccc(O)c2)C(=O)O1. The maximum absolute atomic E-state index is 11.9. The van der Waals surface area contributed by atoms with Gasteiger partial charge < -0.3 is 9.84 Å². The van der Waals surface area contributed by atoms with E-state index >= 15 is 0 Å². The van der Waals surface area contributed by atoms with Gasteiger partial charge in [-0.1, -0.05) is 18.2 Å². The Morgan fingerprint density at radius 1 is 1.35 bits per heavy atom. The topological polar surface area (TPSA) is 80.7 Å². The molecule has 2 rings (SSSR count). The highest BCUT2D eigenvalue weighted by Crippen LogP contribution is 2.17. The number of ether oxygens (including phenoxy) is 1. The van der Waals surface area contributed by atoms with Crippen LogP contribution in [0.25, 0.3) is 6.08 Å². The molecule has 1 N–H and O–H groups in total. The standard InChI is InChI=1S/C15H12O5/c1-9-7-13(18)14(15(19)20-9)12(17)6-5-10-3-2-4-11(16)8-10/h2-8,14,16H,1H3/b6-5+/t14-/m0/s1. The highest BCUT2D eigenvalue weighted by Gasteiger charge is 2.36. The Bertz CT molecular complexity index is 639. The number of aromatic hydroxyl groups is 1. The Morgan fingerprint density at radius 3 is 2.75 bits per heavy atom. The molecule has 1 heterocycles. The highest BCUT2D eigenvalue weighted by molar-refractivity contribution is 6.25. The van der Waals surface area contributed by atoms with Crippen LogP contribution in [-0.4, -0.2) is 22.6 Å². The predicted octanol–water partition coefficient (Wildman–Crippen LogP) is 1.62. The zero-order valence-electron chi connectivity index (χ0n) is 10.7. The van der Waals surface area contributed by atoms with Crippen molar-refractivity contribution in [1.82, 2.24) is 0 Å². The minimum atomic E-state index is -1.44. The summed E-state index contributed by atoms with van der Waals surface area (Å²) in [5.41, 5.74) is 0.585. The molecule has 102 valence electrons. The van der Waals surface area contributed by atoms with Crippen LogP contribution in [0.15, 0.2) is 42.2 Å². The Hall–Kier alpha value is -2.69. The maximum Gasteiger partial charge on any atom is 0.329 e. The number of esters is 1. The lowest BCUT2D eigenvalue weighted by Crippen LogP contribution is -2.34. The maximum atomic E-state index is 11.9. The molecule has 5 heteroatoms. The molecule has 0 saturated carbocycles. The van der Waals surface area contributed by atoms with E-state index in [-0.39, 0.29) is 11.5 Å². The van der Waals surface area contributed by atoms with E-state index in [1.807, 2.05) is 0 Å². The zero-order valence-corrected chi connectivity index (χ0v) is 10.7. The minimum Gasteiger partial charge on any atom is -0.508 e. The van der Waals surface area contributed by atoms with Crippen LogP contribution in [0.5, 0.6) is 5.75 Å². The lowest BCUT2D eigenvalue weighted by atomic mass is 9.96. The molecule has 0 saturated heterocycles. The molecular weight excluding hydrogens is 260 g/mol. The van der Waals surface area contributed by atoms with Crippen LogP contribution in [-0.2, 0) is 19.1 Å². The van der Waals surface area contributed by atoms with E-state index in [4.69, 9.17) is 4.74 Å². The van der Waals surface area contributed by atoms with Crippen LogP contribution in [0.1, 0.15) is 12.5 Å². The summed E-state index contributed by atoms with van der Waals surface area (Å²) < 4.78 is 4.77. The summed E-state index contributed by atoms with van der Waals surface area (Å²) >= 11 is 0. The molecule has 1 atom stereocenters. The number of ketones is 2. The third-order valence-electron chi connectivity index (χ3n) is 2.72. The summed E-state index contributed by atoms with van der Waals surface area (Å²) in [5, 5.41) is 9.29. The quantitative estimate of drug-likeness (QED) is 0.513. The molecule has 0 fully saturated rings. The number of phenols is 1. The largest absolute Gasteiger partial charge is 0.508 e. The average Bonchev–Trinajstić information content (AvgIpc) is 2.35. The summed E-state index contributed by atoms with van der Waals surface area (Å²) in [6.07, 6.45) is 3.69. The summed E-state index contributed by atoms with van der Waals surface area (Å²) in [6.45, 7) is 1.47. The lowest BCUT2D eigenvalue weighted by molar-refractivity contribution is -0.151. The van der Waals surface area contributed by atoms with Gasteiger partial charge in [-0.25, -0.2) is 0 Å². The smallest absolute Gasteiger partial charge is 0.329 e. The molecule has 0 aromatic heterocycles. The summed E-state index contributed by atoms with van der Waals surface area (Å²) in [4.78, 5) is 35.1. The van der Waals surface area contributed by atoms with Crippen molar-refractivity contribution in [3.8, 4) is 5.75 Å². The molecule has 0 amide bonds. The third-order valence-corrected chi connectivity index (χ3v) is 2.72. The number of phenolic OH excluding ortho intramolecular Hbond substituents is 1. The van der Waals surface area contributed by atoms with Crippen molar-refractivity contribution in [2.24, 2.45) is 5.92 Å². The van der Waals surface area contributed by atoms with E-state index in [0.717, 1.165) is 12.2 Å². The Morgan fingerprint density at radius 2 is 2.10 bits per heavy atom. The Balaban J connectivity index is 2.16. The molecular formula is C15H12O5. The minimum absolute atomic E-state index is 0.0614. The van der Waals surface area contributed by atoms with E-state index in [9.17, 15) is 19.5 Å². The molecule has 20 heavy (non-hydrogen) atoms. The van der Waals surface area contributed by atoms with Crippen molar-refractivity contribution in [2.45, 2.75) is 6.92 Å². The number of rotatable bonds is 3. The summed E-state index contributed by atoms with van der Waals surface area (Å²) in [6, 6.07) is 6.24. The van der Waals surface area contributed by atoms with Gasteiger partial charge in [0, 0.05) is 6.08 Å². The van der Waals surface area contributed by atoms with Crippen LogP contribution in [0.4, 0.5) is 0 Å². The molecule has 1 aliphatic heterocycles. The molecule has 5 nitrogen and oxygen atoms in total. The van der Waals surface area contributed by atoms with Gasteiger partial charge in [-0.05, 0) is 30.7 Å². The molecule has 1 aromatic rings. The van der Waals surface area contributed by atoms with Crippen molar-refractivity contribution in [3.63, 3.8) is 0 Å². The Labute approximate surface area is 115 Å². The van der Waals surface area contributed by atoms with Gasteiger partial charge in [0.15, 0.2) is 17.5 Å². The van der Waals surface area contributed by atoms with Gasteiger partial charge in [-0.15, -0.1) is 0 Å². The second-order valence-corrected chi connectivity index (χ2v) is 4.34. The van der Waals surface area contributed by atoms with E-state index in [1.54, 1.807) is 12.1 Å². The lowest BCUT2D eigenvalue weighted by Gasteiger charge is -2.15. The van der Waals surface area contributed by atoms with Crippen LogP contribution in [0, 0.1) is 5.92 Å². The van der Waals surface area contributed by atoms with Crippen molar-refractivity contribution in [3.05, 3.63) is 47.7 Å².